The van der Waals surface area contributed by atoms with Crippen molar-refractivity contribution in [2.45, 2.75) is 49.6 Å². The molecule has 2 N–H and O–H groups in total. The highest BCUT2D eigenvalue weighted by Crippen LogP contribution is 2.34. The standard InChI is InChI=1S/C10H17N3OS/c1-7-2-4-8(5-3-7)15-10-13-12-9(6-11)14-10/h7-8H,2-6,11H2,1H3. The van der Waals surface area contributed by atoms with E-state index < -0.39 is 0 Å². The van der Waals surface area contributed by atoms with Gasteiger partial charge in [-0.1, -0.05) is 18.7 Å². The van der Waals surface area contributed by atoms with Gasteiger partial charge in [0.05, 0.1) is 6.54 Å². The summed E-state index contributed by atoms with van der Waals surface area (Å²) in [5.74, 6) is 1.41. The highest BCUT2D eigenvalue weighted by Gasteiger charge is 2.21. The summed E-state index contributed by atoms with van der Waals surface area (Å²) in [5, 5.41) is 9.14. The van der Waals surface area contributed by atoms with Crippen LogP contribution in [-0.4, -0.2) is 15.4 Å². The Balaban J connectivity index is 1.86. The van der Waals surface area contributed by atoms with Gasteiger partial charge in [0.2, 0.25) is 5.89 Å². The van der Waals surface area contributed by atoms with Gasteiger partial charge >= 0.3 is 0 Å². The van der Waals surface area contributed by atoms with Crippen LogP contribution in [0.4, 0.5) is 0 Å². The van der Waals surface area contributed by atoms with E-state index in [1.807, 2.05) is 0 Å². The smallest absolute Gasteiger partial charge is 0.276 e. The molecule has 1 aromatic rings. The largest absolute Gasteiger partial charge is 0.415 e. The van der Waals surface area contributed by atoms with Crippen LogP contribution in [0, 0.1) is 5.92 Å². The number of hydrogen-bond donors (Lipinski definition) is 1. The van der Waals surface area contributed by atoms with E-state index in [1.165, 1.54) is 25.7 Å². The Morgan fingerprint density at radius 1 is 1.33 bits per heavy atom. The zero-order valence-corrected chi connectivity index (χ0v) is 9.80. The van der Waals surface area contributed by atoms with Crippen molar-refractivity contribution >= 4 is 11.8 Å². The first-order chi connectivity index (χ1) is 7.28. The molecule has 0 amide bonds. The molecule has 0 aromatic carbocycles. The van der Waals surface area contributed by atoms with Crippen molar-refractivity contribution in [3.63, 3.8) is 0 Å². The fourth-order valence-electron chi connectivity index (χ4n) is 1.86. The Labute approximate surface area is 94.0 Å². The molecule has 1 heterocycles. The van der Waals surface area contributed by atoms with Crippen LogP contribution in [0.25, 0.3) is 0 Å². The lowest BCUT2D eigenvalue weighted by molar-refractivity contribution is 0.385. The van der Waals surface area contributed by atoms with Gasteiger partial charge in [-0.3, -0.25) is 0 Å². The Hall–Kier alpha value is -0.550. The second-order valence-electron chi connectivity index (χ2n) is 4.17. The molecule has 5 heteroatoms. The first-order valence-electron chi connectivity index (χ1n) is 5.47. The van der Waals surface area contributed by atoms with Gasteiger partial charge in [-0.25, -0.2) is 0 Å². The van der Waals surface area contributed by atoms with Crippen molar-refractivity contribution in [3.8, 4) is 0 Å². The van der Waals surface area contributed by atoms with Crippen LogP contribution in [0.3, 0.4) is 0 Å². The van der Waals surface area contributed by atoms with Crippen LogP contribution in [0.1, 0.15) is 38.5 Å². The maximum Gasteiger partial charge on any atom is 0.276 e. The second kappa shape index (κ2) is 4.99. The summed E-state index contributed by atoms with van der Waals surface area (Å²) >= 11 is 1.71. The van der Waals surface area contributed by atoms with Gasteiger partial charge in [-0.2, -0.15) is 0 Å². The summed E-state index contributed by atoms with van der Waals surface area (Å²) in [4.78, 5) is 0. The first-order valence-corrected chi connectivity index (χ1v) is 6.35. The summed E-state index contributed by atoms with van der Waals surface area (Å²) in [6.45, 7) is 2.65. The Kier molecular flexibility index (Phi) is 3.64. The van der Waals surface area contributed by atoms with Gasteiger partial charge < -0.3 is 10.2 Å². The molecule has 1 fully saturated rings. The molecule has 15 heavy (non-hydrogen) atoms. The lowest BCUT2D eigenvalue weighted by Gasteiger charge is -2.24. The zero-order valence-electron chi connectivity index (χ0n) is 8.98. The van der Waals surface area contributed by atoms with E-state index in [-0.39, 0.29) is 0 Å². The van der Waals surface area contributed by atoms with E-state index >= 15 is 0 Å². The Bertz CT molecular complexity index is 307. The highest BCUT2D eigenvalue weighted by atomic mass is 32.2. The molecule has 1 saturated carbocycles. The molecule has 0 atom stereocenters. The summed E-state index contributed by atoms with van der Waals surface area (Å²) in [7, 11) is 0. The molecule has 4 nitrogen and oxygen atoms in total. The Morgan fingerprint density at radius 2 is 2.07 bits per heavy atom. The number of hydrogen-bond acceptors (Lipinski definition) is 5. The van der Waals surface area contributed by atoms with Gasteiger partial charge in [0, 0.05) is 5.25 Å². The highest BCUT2D eigenvalue weighted by molar-refractivity contribution is 7.99. The lowest BCUT2D eigenvalue weighted by Crippen LogP contribution is -2.13. The van der Waals surface area contributed by atoms with Crippen molar-refractivity contribution in [1.29, 1.82) is 0 Å². The van der Waals surface area contributed by atoms with E-state index in [1.54, 1.807) is 11.8 Å². The average molecular weight is 227 g/mol. The third kappa shape index (κ3) is 2.95. The van der Waals surface area contributed by atoms with Crippen LogP contribution >= 0.6 is 11.8 Å². The quantitative estimate of drug-likeness (QED) is 0.857. The summed E-state index contributed by atoms with van der Waals surface area (Å²) in [5.41, 5.74) is 5.41. The molecule has 84 valence electrons. The number of aromatic nitrogens is 2. The molecule has 0 radical (unpaired) electrons. The lowest BCUT2D eigenvalue weighted by atomic mass is 9.91. The van der Waals surface area contributed by atoms with Crippen molar-refractivity contribution < 1.29 is 4.42 Å². The van der Waals surface area contributed by atoms with Crippen molar-refractivity contribution in [3.05, 3.63) is 5.89 Å². The van der Waals surface area contributed by atoms with E-state index in [0.717, 1.165) is 5.92 Å². The molecule has 0 spiro atoms. The minimum Gasteiger partial charge on any atom is -0.415 e. The zero-order chi connectivity index (χ0) is 10.7. The molecule has 0 aliphatic heterocycles. The third-order valence-electron chi connectivity index (χ3n) is 2.85. The van der Waals surface area contributed by atoms with Gasteiger partial charge in [0.25, 0.3) is 5.22 Å². The van der Waals surface area contributed by atoms with E-state index in [0.29, 0.717) is 22.9 Å². The van der Waals surface area contributed by atoms with Crippen LogP contribution in [0.2, 0.25) is 0 Å². The van der Waals surface area contributed by atoms with Gasteiger partial charge in [-0.15, -0.1) is 10.2 Å². The Morgan fingerprint density at radius 3 is 2.67 bits per heavy atom. The average Bonchev–Trinajstić information content (AvgIpc) is 2.69. The van der Waals surface area contributed by atoms with Gasteiger partial charge in [-0.05, 0) is 31.6 Å². The van der Waals surface area contributed by atoms with Crippen LogP contribution in [0.15, 0.2) is 9.64 Å². The van der Waals surface area contributed by atoms with Crippen molar-refractivity contribution in [2.24, 2.45) is 11.7 Å². The molecule has 2 rings (SSSR count). The molecular weight excluding hydrogens is 210 g/mol. The molecule has 0 bridgehead atoms. The predicted molar refractivity (Wildman–Crippen MR) is 59.5 cm³/mol. The fraction of sp³-hybridized carbons (Fsp3) is 0.800. The molecule has 0 saturated heterocycles. The molecule has 1 aromatic heterocycles. The number of nitrogens with two attached hydrogens (primary N) is 1. The number of nitrogens with zero attached hydrogens (tertiary/aromatic N) is 2. The topological polar surface area (TPSA) is 64.9 Å². The first kappa shape index (κ1) is 11.0. The number of rotatable bonds is 3. The minimum absolute atomic E-state index is 0.329. The third-order valence-corrected chi connectivity index (χ3v) is 4.02. The maximum atomic E-state index is 5.41. The SMILES string of the molecule is CC1CCC(Sc2nnc(CN)o2)CC1. The molecule has 0 unspecified atom stereocenters. The van der Waals surface area contributed by atoms with Gasteiger partial charge in [0.1, 0.15) is 0 Å². The molecular formula is C10H17N3OS. The second-order valence-corrected chi connectivity index (χ2v) is 5.42. The van der Waals surface area contributed by atoms with E-state index in [4.69, 9.17) is 10.2 Å². The van der Waals surface area contributed by atoms with Crippen LogP contribution in [-0.2, 0) is 6.54 Å². The minimum atomic E-state index is 0.329. The van der Waals surface area contributed by atoms with Crippen LogP contribution < -0.4 is 5.73 Å². The molecule has 1 aliphatic carbocycles. The summed E-state index contributed by atoms with van der Waals surface area (Å²) in [6.07, 6.45) is 5.14. The van der Waals surface area contributed by atoms with E-state index in [9.17, 15) is 0 Å². The predicted octanol–water partition coefficient (Wildman–Crippen LogP) is 2.20. The monoisotopic (exact) mass is 227 g/mol. The van der Waals surface area contributed by atoms with E-state index in [2.05, 4.69) is 17.1 Å². The summed E-state index contributed by atoms with van der Waals surface area (Å²) in [6, 6.07) is 0. The summed E-state index contributed by atoms with van der Waals surface area (Å²) < 4.78 is 5.38. The van der Waals surface area contributed by atoms with Crippen molar-refractivity contribution in [2.75, 3.05) is 0 Å². The van der Waals surface area contributed by atoms with Crippen molar-refractivity contribution in [1.82, 2.24) is 10.2 Å². The van der Waals surface area contributed by atoms with Crippen LogP contribution in [0.5, 0.6) is 0 Å². The fourth-order valence-corrected chi connectivity index (χ4v) is 2.88. The molecule has 1 aliphatic rings. The van der Waals surface area contributed by atoms with Gasteiger partial charge in [0.15, 0.2) is 0 Å². The maximum absolute atomic E-state index is 5.41. The number of thioether (sulfide) groups is 1. The normalized spacial score (nSPS) is 26.8.